The first kappa shape index (κ1) is 12.2. The molecule has 0 unspecified atom stereocenters. The van der Waals surface area contributed by atoms with Crippen molar-refractivity contribution in [2.75, 3.05) is 6.61 Å². The zero-order chi connectivity index (χ0) is 13.3. The van der Waals surface area contributed by atoms with Gasteiger partial charge in [-0.05, 0) is 32.0 Å². The molecule has 0 aliphatic rings. The fourth-order valence-electron chi connectivity index (χ4n) is 1.72. The molecule has 5 heteroatoms. The molecule has 0 aliphatic heterocycles. The molecule has 0 radical (unpaired) electrons. The molecule has 2 aromatic rings. The summed E-state index contributed by atoms with van der Waals surface area (Å²) in [5.41, 5.74) is 0.703. The first-order valence-electron chi connectivity index (χ1n) is 5.57. The van der Waals surface area contributed by atoms with Crippen LogP contribution in [0.1, 0.15) is 22.8 Å². The smallest absolute Gasteiger partial charge is 0.338 e. The van der Waals surface area contributed by atoms with Crippen molar-refractivity contribution in [3.05, 3.63) is 39.7 Å². The number of hydrogen-bond acceptors (Lipinski definition) is 4. The number of pyridine rings is 1. The molecule has 0 atom stereocenters. The Balaban J connectivity index is 2.65. The Bertz CT molecular complexity index is 672. The Kier molecular flexibility index (Phi) is 3.06. The number of aromatic amines is 1. The molecular formula is C13H13NO4. The monoisotopic (exact) mass is 247 g/mol. The highest BCUT2D eigenvalue weighted by Gasteiger charge is 2.12. The van der Waals surface area contributed by atoms with E-state index in [9.17, 15) is 14.7 Å². The van der Waals surface area contributed by atoms with Gasteiger partial charge in [0.05, 0.1) is 23.3 Å². The number of aromatic nitrogens is 1. The highest BCUT2D eigenvalue weighted by molar-refractivity contribution is 5.96. The maximum Gasteiger partial charge on any atom is 0.338 e. The summed E-state index contributed by atoms with van der Waals surface area (Å²) in [5.74, 6) is -0.567. The predicted molar refractivity (Wildman–Crippen MR) is 66.9 cm³/mol. The number of aromatic hydroxyl groups is 1. The van der Waals surface area contributed by atoms with Crippen LogP contribution < -0.4 is 5.56 Å². The second-order valence-electron chi connectivity index (χ2n) is 3.91. The van der Waals surface area contributed by atoms with Crippen LogP contribution in [-0.4, -0.2) is 22.7 Å². The first-order valence-corrected chi connectivity index (χ1v) is 5.57. The Hall–Kier alpha value is -2.30. The Morgan fingerprint density at radius 2 is 2.17 bits per heavy atom. The summed E-state index contributed by atoms with van der Waals surface area (Å²) in [6, 6.07) is 4.62. The van der Waals surface area contributed by atoms with Crippen LogP contribution in [0.5, 0.6) is 5.75 Å². The van der Waals surface area contributed by atoms with E-state index < -0.39 is 5.97 Å². The van der Waals surface area contributed by atoms with Crippen LogP contribution in [0.3, 0.4) is 0 Å². The lowest BCUT2D eigenvalue weighted by atomic mass is 10.1. The SMILES string of the molecule is CCOC(=O)c1ccc2[nH]c(=O)c(C)c(O)c2c1. The van der Waals surface area contributed by atoms with E-state index in [2.05, 4.69) is 4.98 Å². The van der Waals surface area contributed by atoms with E-state index in [1.165, 1.54) is 13.0 Å². The van der Waals surface area contributed by atoms with Crippen molar-refractivity contribution in [1.82, 2.24) is 4.98 Å². The second-order valence-corrected chi connectivity index (χ2v) is 3.91. The van der Waals surface area contributed by atoms with Crippen molar-refractivity contribution in [2.45, 2.75) is 13.8 Å². The highest BCUT2D eigenvalue weighted by Crippen LogP contribution is 2.25. The molecule has 0 saturated heterocycles. The first-order chi connectivity index (χ1) is 8.54. The van der Waals surface area contributed by atoms with E-state index in [1.807, 2.05) is 0 Å². The van der Waals surface area contributed by atoms with Gasteiger partial charge in [-0.2, -0.15) is 0 Å². The van der Waals surface area contributed by atoms with Crippen LogP contribution in [0.25, 0.3) is 10.9 Å². The number of H-pyrrole nitrogens is 1. The number of nitrogens with one attached hydrogen (secondary N) is 1. The van der Waals surface area contributed by atoms with E-state index in [0.717, 1.165) is 0 Å². The van der Waals surface area contributed by atoms with Crippen LogP contribution in [0, 0.1) is 6.92 Å². The average molecular weight is 247 g/mol. The highest BCUT2D eigenvalue weighted by atomic mass is 16.5. The third kappa shape index (κ3) is 1.95. The number of carbonyl (C=O) groups is 1. The zero-order valence-corrected chi connectivity index (χ0v) is 10.1. The van der Waals surface area contributed by atoms with E-state index in [-0.39, 0.29) is 23.5 Å². The van der Waals surface area contributed by atoms with Crippen molar-refractivity contribution in [3.63, 3.8) is 0 Å². The molecule has 2 N–H and O–H groups in total. The maximum absolute atomic E-state index is 11.6. The van der Waals surface area contributed by atoms with Crippen molar-refractivity contribution in [2.24, 2.45) is 0 Å². The van der Waals surface area contributed by atoms with Crippen molar-refractivity contribution in [3.8, 4) is 5.75 Å². The summed E-state index contributed by atoms with van der Waals surface area (Å²) in [6.07, 6.45) is 0. The number of esters is 1. The van der Waals surface area contributed by atoms with Crippen LogP contribution in [-0.2, 0) is 4.74 Å². The second kappa shape index (κ2) is 4.52. The van der Waals surface area contributed by atoms with Gasteiger partial charge in [-0.15, -0.1) is 0 Å². The summed E-state index contributed by atoms with van der Waals surface area (Å²) in [7, 11) is 0. The molecule has 5 nitrogen and oxygen atoms in total. The van der Waals surface area contributed by atoms with Gasteiger partial charge in [0, 0.05) is 5.39 Å². The van der Waals surface area contributed by atoms with Gasteiger partial charge in [-0.1, -0.05) is 0 Å². The van der Waals surface area contributed by atoms with Gasteiger partial charge in [0.2, 0.25) is 0 Å². The molecule has 0 aliphatic carbocycles. The van der Waals surface area contributed by atoms with Crippen LogP contribution in [0.2, 0.25) is 0 Å². The molecule has 1 aromatic heterocycles. The fourth-order valence-corrected chi connectivity index (χ4v) is 1.72. The minimum absolute atomic E-state index is 0.111. The lowest BCUT2D eigenvalue weighted by Gasteiger charge is -2.06. The molecule has 0 bridgehead atoms. The standard InChI is InChI=1S/C13H13NO4/c1-3-18-13(17)8-4-5-10-9(6-8)11(15)7(2)12(16)14-10/h4-6H,3H2,1-2H3,(H2,14,15,16). The molecule has 0 saturated carbocycles. The van der Waals surface area contributed by atoms with E-state index in [0.29, 0.717) is 16.5 Å². The third-order valence-electron chi connectivity index (χ3n) is 2.73. The van der Waals surface area contributed by atoms with E-state index >= 15 is 0 Å². The molecule has 0 fully saturated rings. The quantitative estimate of drug-likeness (QED) is 0.792. The normalized spacial score (nSPS) is 10.6. The van der Waals surface area contributed by atoms with E-state index in [4.69, 9.17) is 4.74 Å². The molecule has 0 spiro atoms. The fraction of sp³-hybridized carbons (Fsp3) is 0.231. The summed E-state index contributed by atoms with van der Waals surface area (Å²) in [6.45, 7) is 3.52. The van der Waals surface area contributed by atoms with Gasteiger partial charge < -0.3 is 14.8 Å². The lowest BCUT2D eigenvalue weighted by molar-refractivity contribution is 0.0526. The Morgan fingerprint density at radius 3 is 2.83 bits per heavy atom. The molecular weight excluding hydrogens is 234 g/mol. The third-order valence-corrected chi connectivity index (χ3v) is 2.73. The molecule has 2 rings (SSSR count). The molecule has 94 valence electrons. The summed E-state index contributed by atoms with van der Waals surface area (Å²) in [5, 5.41) is 10.3. The predicted octanol–water partition coefficient (Wildman–Crippen LogP) is 1.72. The van der Waals surface area contributed by atoms with Gasteiger partial charge in [-0.3, -0.25) is 4.79 Å². The minimum atomic E-state index is -0.456. The van der Waals surface area contributed by atoms with Crippen molar-refractivity contribution in [1.29, 1.82) is 0 Å². The number of hydrogen-bond donors (Lipinski definition) is 2. The number of ether oxygens (including phenoxy) is 1. The summed E-state index contributed by atoms with van der Waals surface area (Å²) >= 11 is 0. The zero-order valence-electron chi connectivity index (χ0n) is 10.1. The van der Waals surface area contributed by atoms with Gasteiger partial charge in [0.15, 0.2) is 0 Å². The summed E-state index contributed by atoms with van der Waals surface area (Å²) < 4.78 is 4.88. The van der Waals surface area contributed by atoms with Gasteiger partial charge in [0.1, 0.15) is 5.75 Å². The molecule has 18 heavy (non-hydrogen) atoms. The molecule has 1 aromatic carbocycles. The topological polar surface area (TPSA) is 79.4 Å². The van der Waals surface area contributed by atoms with Gasteiger partial charge in [-0.25, -0.2) is 4.79 Å². The molecule has 0 amide bonds. The van der Waals surface area contributed by atoms with Gasteiger partial charge >= 0.3 is 5.97 Å². The van der Waals surface area contributed by atoms with E-state index in [1.54, 1.807) is 19.1 Å². The minimum Gasteiger partial charge on any atom is -0.507 e. The maximum atomic E-state index is 11.6. The number of rotatable bonds is 2. The van der Waals surface area contributed by atoms with Crippen LogP contribution in [0.15, 0.2) is 23.0 Å². The number of carbonyl (C=O) groups excluding carboxylic acids is 1. The van der Waals surface area contributed by atoms with Crippen molar-refractivity contribution < 1.29 is 14.6 Å². The average Bonchev–Trinajstić information content (AvgIpc) is 2.36. The Morgan fingerprint density at radius 1 is 1.44 bits per heavy atom. The van der Waals surface area contributed by atoms with Crippen LogP contribution in [0.4, 0.5) is 0 Å². The van der Waals surface area contributed by atoms with Gasteiger partial charge in [0.25, 0.3) is 5.56 Å². The largest absolute Gasteiger partial charge is 0.507 e. The van der Waals surface area contributed by atoms with Crippen LogP contribution >= 0.6 is 0 Å². The summed E-state index contributed by atoms with van der Waals surface area (Å²) in [4.78, 5) is 25.7. The number of fused-ring (bicyclic) bond motifs is 1. The molecule has 1 heterocycles. The number of benzene rings is 1. The Labute approximate surface area is 103 Å². The van der Waals surface area contributed by atoms with Crippen molar-refractivity contribution >= 4 is 16.9 Å². The lowest BCUT2D eigenvalue weighted by Crippen LogP contribution is -2.10.